The Kier molecular flexibility index (Phi) is 4.92. The molecule has 0 aliphatic rings. The molecule has 1 amide bonds. The van der Waals surface area contributed by atoms with E-state index in [2.05, 4.69) is 25.4 Å². The van der Waals surface area contributed by atoms with E-state index in [0.29, 0.717) is 5.82 Å². The lowest BCUT2D eigenvalue weighted by molar-refractivity contribution is 0.0931. The Balaban J connectivity index is 1.74. The van der Waals surface area contributed by atoms with Crippen molar-refractivity contribution in [3.05, 3.63) is 64.2 Å². The maximum absolute atomic E-state index is 12.4. The number of aromatic amines is 1. The van der Waals surface area contributed by atoms with Crippen LogP contribution in [0.25, 0.3) is 11.4 Å². The van der Waals surface area contributed by atoms with Crippen LogP contribution in [0.4, 0.5) is 0 Å². The molecule has 0 saturated carbocycles. The van der Waals surface area contributed by atoms with Crippen LogP contribution in [0.2, 0.25) is 0 Å². The van der Waals surface area contributed by atoms with Gasteiger partial charge in [-0.15, -0.1) is 0 Å². The molecular weight excluding hydrogens is 334 g/mol. The second kappa shape index (κ2) is 7.30. The van der Waals surface area contributed by atoms with E-state index in [0.717, 1.165) is 11.3 Å². The Morgan fingerprint density at radius 1 is 1.15 bits per heavy atom. The van der Waals surface area contributed by atoms with E-state index >= 15 is 0 Å². The number of hydrogen-bond acceptors (Lipinski definition) is 6. The van der Waals surface area contributed by atoms with Gasteiger partial charge in [-0.2, -0.15) is 4.98 Å². The van der Waals surface area contributed by atoms with E-state index in [1.807, 2.05) is 13.8 Å². The summed E-state index contributed by atoms with van der Waals surface area (Å²) in [6.45, 7) is 5.63. The van der Waals surface area contributed by atoms with Crippen LogP contribution in [0.15, 0.2) is 46.0 Å². The maximum Gasteiger partial charge on any atom is 0.261 e. The molecule has 0 fully saturated rings. The van der Waals surface area contributed by atoms with Crippen LogP contribution >= 0.6 is 0 Å². The maximum atomic E-state index is 12.4. The highest BCUT2D eigenvalue weighted by Crippen LogP contribution is 2.18. The summed E-state index contributed by atoms with van der Waals surface area (Å²) >= 11 is 0. The number of nitrogens with zero attached hydrogens (tertiary/aromatic N) is 3. The van der Waals surface area contributed by atoms with Gasteiger partial charge >= 0.3 is 0 Å². The number of pyridine rings is 2. The molecule has 26 heavy (non-hydrogen) atoms. The Morgan fingerprint density at radius 3 is 2.54 bits per heavy atom. The Hall–Kier alpha value is -3.29. The topological polar surface area (TPSA) is 114 Å². The molecular formula is C18H19N5O3. The first-order chi connectivity index (χ1) is 12.5. The fraction of sp³-hybridized carbons (Fsp3) is 0.278. The van der Waals surface area contributed by atoms with Crippen LogP contribution in [-0.2, 0) is 0 Å². The van der Waals surface area contributed by atoms with Gasteiger partial charge in [0.15, 0.2) is 0 Å². The minimum absolute atomic E-state index is 0.0372. The predicted molar refractivity (Wildman–Crippen MR) is 94.6 cm³/mol. The lowest BCUT2D eigenvalue weighted by Gasteiger charge is -2.10. The first-order valence-corrected chi connectivity index (χ1v) is 8.23. The molecule has 3 aromatic heterocycles. The molecule has 134 valence electrons. The third kappa shape index (κ3) is 3.69. The summed E-state index contributed by atoms with van der Waals surface area (Å²) in [6, 6.07) is 6.23. The molecule has 0 aliphatic carbocycles. The van der Waals surface area contributed by atoms with Crippen LogP contribution in [0.5, 0.6) is 0 Å². The molecule has 1 atom stereocenters. The zero-order valence-electron chi connectivity index (χ0n) is 14.7. The van der Waals surface area contributed by atoms with Gasteiger partial charge in [0.2, 0.25) is 11.7 Å². The van der Waals surface area contributed by atoms with Crippen molar-refractivity contribution in [2.24, 2.45) is 0 Å². The molecule has 0 radical (unpaired) electrons. The Labute approximate surface area is 149 Å². The predicted octanol–water partition coefficient (Wildman–Crippen LogP) is 2.43. The zero-order chi connectivity index (χ0) is 18.7. The first-order valence-electron chi connectivity index (χ1n) is 8.23. The first kappa shape index (κ1) is 17.5. The summed E-state index contributed by atoms with van der Waals surface area (Å²) in [6.07, 6.45) is 3.26. The van der Waals surface area contributed by atoms with Gasteiger partial charge in [-0.3, -0.25) is 14.6 Å². The molecule has 0 spiro atoms. The minimum Gasteiger partial charge on any atom is -0.340 e. The standard InChI is InChI=1S/C18H19N5O3/c1-10(2)14-5-4-13(17(25)21-14)16(24)20-11(3)18-22-15(23-26-18)12-6-8-19-9-7-12/h4-11H,1-3H3,(H,20,24)(H,21,25). The average Bonchev–Trinajstić information content (AvgIpc) is 3.12. The summed E-state index contributed by atoms with van der Waals surface area (Å²) < 4.78 is 5.22. The van der Waals surface area contributed by atoms with Crippen molar-refractivity contribution in [2.45, 2.75) is 32.7 Å². The molecule has 8 heteroatoms. The van der Waals surface area contributed by atoms with E-state index in [9.17, 15) is 9.59 Å². The Bertz CT molecular complexity index is 962. The van der Waals surface area contributed by atoms with Crippen LogP contribution in [0, 0.1) is 0 Å². The molecule has 8 nitrogen and oxygen atoms in total. The average molecular weight is 353 g/mol. The van der Waals surface area contributed by atoms with E-state index < -0.39 is 17.5 Å². The van der Waals surface area contributed by atoms with Crippen molar-refractivity contribution in [1.82, 2.24) is 25.4 Å². The highest BCUT2D eigenvalue weighted by atomic mass is 16.5. The van der Waals surface area contributed by atoms with Gasteiger partial charge in [-0.05, 0) is 37.1 Å². The summed E-state index contributed by atoms with van der Waals surface area (Å²) in [7, 11) is 0. The lowest BCUT2D eigenvalue weighted by Crippen LogP contribution is -2.32. The van der Waals surface area contributed by atoms with Crippen LogP contribution in [0.3, 0.4) is 0 Å². The van der Waals surface area contributed by atoms with Crippen molar-refractivity contribution < 1.29 is 9.32 Å². The number of nitrogens with one attached hydrogen (secondary N) is 2. The van der Waals surface area contributed by atoms with Gasteiger partial charge in [0.05, 0.1) is 0 Å². The van der Waals surface area contributed by atoms with E-state index in [4.69, 9.17) is 4.52 Å². The molecule has 3 rings (SSSR count). The van der Waals surface area contributed by atoms with Crippen molar-refractivity contribution in [3.8, 4) is 11.4 Å². The number of carbonyl (C=O) groups is 1. The van der Waals surface area contributed by atoms with E-state index in [-0.39, 0.29) is 17.4 Å². The third-order valence-electron chi connectivity index (χ3n) is 3.90. The van der Waals surface area contributed by atoms with Crippen molar-refractivity contribution >= 4 is 5.91 Å². The Morgan fingerprint density at radius 2 is 1.88 bits per heavy atom. The minimum atomic E-state index is -0.547. The summed E-state index contributed by atoms with van der Waals surface area (Å²) in [5.74, 6) is 0.324. The van der Waals surface area contributed by atoms with Gasteiger partial charge in [0.25, 0.3) is 11.5 Å². The molecule has 2 N–H and O–H groups in total. The summed E-state index contributed by atoms with van der Waals surface area (Å²) in [4.78, 5) is 35.4. The van der Waals surface area contributed by atoms with Gasteiger partial charge in [-0.25, -0.2) is 0 Å². The van der Waals surface area contributed by atoms with E-state index in [1.54, 1.807) is 37.5 Å². The molecule has 3 aromatic rings. The SMILES string of the molecule is CC(C)c1ccc(C(=O)NC(C)c2nc(-c3ccncc3)no2)c(=O)[nH]1. The highest BCUT2D eigenvalue weighted by Gasteiger charge is 2.20. The largest absolute Gasteiger partial charge is 0.340 e. The monoisotopic (exact) mass is 353 g/mol. The molecule has 0 aromatic carbocycles. The van der Waals surface area contributed by atoms with Crippen molar-refractivity contribution in [2.75, 3.05) is 0 Å². The second-order valence-electron chi connectivity index (χ2n) is 6.20. The third-order valence-corrected chi connectivity index (χ3v) is 3.90. The fourth-order valence-corrected chi connectivity index (χ4v) is 2.37. The number of H-pyrrole nitrogens is 1. The second-order valence-corrected chi connectivity index (χ2v) is 6.20. The molecule has 0 saturated heterocycles. The van der Waals surface area contributed by atoms with Gasteiger partial charge < -0.3 is 14.8 Å². The number of hydrogen-bond donors (Lipinski definition) is 2. The van der Waals surface area contributed by atoms with E-state index in [1.165, 1.54) is 6.07 Å². The fourth-order valence-electron chi connectivity index (χ4n) is 2.37. The molecule has 3 heterocycles. The van der Waals surface area contributed by atoms with Gasteiger partial charge in [-0.1, -0.05) is 19.0 Å². The molecule has 1 unspecified atom stereocenters. The summed E-state index contributed by atoms with van der Waals surface area (Å²) in [5, 5.41) is 6.60. The van der Waals surface area contributed by atoms with Crippen molar-refractivity contribution in [3.63, 3.8) is 0 Å². The van der Waals surface area contributed by atoms with Gasteiger partial charge in [0.1, 0.15) is 11.6 Å². The normalized spacial score (nSPS) is 12.2. The number of amides is 1. The number of rotatable bonds is 5. The van der Waals surface area contributed by atoms with Crippen molar-refractivity contribution in [1.29, 1.82) is 0 Å². The summed E-state index contributed by atoms with van der Waals surface area (Å²) in [5.41, 5.74) is 1.15. The number of aromatic nitrogens is 4. The zero-order valence-corrected chi connectivity index (χ0v) is 14.7. The molecule has 0 bridgehead atoms. The highest BCUT2D eigenvalue weighted by molar-refractivity contribution is 5.94. The lowest BCUT2D eigenvalue weighted by atomic mass is 10.1. The van der Waals surface area contributed by atoms with Gasteiger partial charge in [0, 0.05) is 23.7 Å². The van der Waals surface area contributed by atoms with Crippen LogP contribution in [-0.4, -0.2) is 26.0 Å². The quantitative estimate of drug-likeness (QED) is 0.728. The van der Waals surface area contributed by atoms with Crippen LogP contribution < -0.4 is 10.9 Å². The smallest absolute Gasteiger partial charge is 0.261 e. The number of carbonyl (C=O) groups excluding carboxylic acids is 1. The molecule has 0 aliphatic heterocycles. The van der Waals surface area contributed by atoms with Crippen LogP contribution in [0.1, 0.15) is 54.7 Å².